The molecule has 0 aliphatic carbocycles. The highest BCUT2D eigenvalue weighted by Crippen LogP contribution is 2.10. The zero-order valence-electron chi connectivity index (χ0n) is 6.08. The molecule has 0 spiro atoms. The van der Waals surface area contributed by atoms with Crippen LogP contribution in [-0.4, -0.2) is 25.6 Å². The van der Waals surface area contributed by atoms with E-state index in [0.717, 1.165) is 0 Å². The Hall–Kier alpha value is -0.540. The van der Waals surface area contributed by atoms with Crippen molar-refractivity contribution < 1.29 is 14.2 Å². The first-order chi connectivity index (χ1) is 4.83. The summed E-state index contributed by atoms with van der Waals surface area (Å²) >= 11 is 0. The molecule has 0 aromatic rings. The first-order valence-corrected chi connectivity index (χ1v) is 3.32. The van der Waals surface area contributed by atoms with Crippen LogP contribution in [0.25, 0.3) is 0 Å². The van der Waals surface area contributed by atoms with Crippen LogP contribution in [0.15, 0.2) is 12.8 Å². The summed E-state index contributed by atoms with van der Waals surface area (Å²) in [5.41, 5.74) is 0. The molecule has 0 radical (unpaired) electrons. The minimum Gasteiger partial charge on any atom is -0.499 e. The first-order valence-electron chi connectivity index (χ1n) is 3.32. The maximum atomic E-state index is 5.27. The molecule has 0 saturated carbocycles. The molecule has 1 aliphatic heterocycles. The highest BCUT2D eigenvalue weighted by atomic mass is 16.7. The molecule has 1 aliphatic rings. The Kier molecular flexibility index (Phi) is 2.71. The van der Waals surface area contributed by atoms with E-state index in [0.29, 0.717) is 13.2 Å². The molecule has 2 atom stereocenters. The van der Waals surface area contributed by atoms with Gasteiger partial charge in [-0.05, 0) is 6.92 Å². The minimum absolute atomic E-state index is 0.0769. The number of hydrogen-bond acceptors (Lipinski definition) is 3. The molecule has 0 unspecified atom stereocenters. The van der Waals surface area contributed by atoms with Crippen LogP contribution in [0.5, 0.6) is 0 Å². The van der Waals surface area contributed by atoms with Crippen LogP contribution in [-0.2, 0) is 14.2 Å². The second-order valence-electron chi connectivity index (χ2n) is 2.16. The molecule has 3 nitrogen and oxygen atoms in total. The van der Waals surface area contributed by atoms with Gasteiger partial charge in [0, 0.05) is 0 Å². The van der Waals surface area contributed by atoms with Gasteiger partial charge in [0.15, 0.2) is 6.29 Å². The predicted octanol–water partition coefficient (Wildman–Crippen LogP) is 0.908. The molecule has 1 heterocycles. The predicted molar refractivity (Wildman–Crippen MR) is 36.4 cm³/mol. The van der Waals surface area contributed by atoms with Gasteiger partial charge in [-0.1, -0.05) is 6.58 Å². The topological polar surface area (TPSA) is 27.7 Å². The number of rotatable bonds is 3. The average Bonchev–Trinajstić information content (AvgIpc) is 2.31. The first kappa shape index (κ1) is 7.57. The molecule has 1 fully saturated rings. The Bertz CT molecular complexity index is 113. The van der Waals surface area contributed by atoms with Crippen LogP contribution in [0.1, 0.15) is 6.92 Å². The third-order valence-electron chi connectivity index (χ3n) is 1.30. The van der Waals surface area contributed by atoms with E-state index in [1.54, 1.807) is 0 Å². The highest BCUT2D eigenvalue weighted by molar-refractivity contribution is 4.63. The SMILES string of the molecule is C=COC[C@H]1CO[C@@H](C)O1. The smallest absolute Gasteiger partial charge is 0.155 e. The van der Waals surface area contributed by atoms with Crippen LogP contribution < -0.4 is 0 Å². The summed E-state index contributed by atoms with van der Waals surface area (Å²) in [7, 11) is 0. The van der Waals surface area contributed by atoms with Gasteiger partial charge in [0.1, 0.15) is 12.7 Å². The Morgan fingerprint density at radius 3 is 3.10 bits per heavy atom. The summed E-state index contributed by atoms with van der Waals surface area (Å²) in [6.45, 7) is 6.45. The summed E-state index contributed by atoms with van der Waals surface area (Å²) < 4.78 is 15.3. The standard InChI is InChI=1S/C7H12O3/c1-3-8-4-7-5-9-6(2)10-7/h3,6-7H,1,4-5H2,2H3/t6-,7+/m1/s1. The van der Waals surface area contributed by atoms with Crippen LogP contribution >= 0.6 is 0 Å². The van der Waals surface area contributed by atoms with Gasteiger partial charge in [-0.25, -0.2) is 0 Å². The molecule has 10 heavy (non-hydrogen) atoms. The van der Waals surface area contributed by atoms with Crippen LogP contribution in [0.2, 0.25) is 0 Å². The van der Waals surface area contributed by atoms with Crippen LogP contribution in [0, 0.1) is 0 Å². The molecule has 58 valence electrons. The van der Waals surface area contributed by atoms with E-state index in [1.807, 2.05) is 6.92 Å². The second kappa shape index (κ2) is 3.58. The van der Waals surface area contributed by atoms with Crippen molar-refractivity contribution in [2.45, 2.75) is 19.3 Å². The van der Waals surface area contributed by atoms with E-state index in [9.17, 15) is 0 Å². The molecule has 3 heteroatoms. The van der Waals surface area contributed by atoms with E-state index in [4.69, 9.17) is 14.2 Å². The van der Waals surface area contributed by atoms with Crippen molar-refractivity contribution in [3.05, 3.63) is 12.8 Å². The number of hydrogen-bond donors (Lipinski definition) is 0. The Balaban J connectivity index is 2.12. The van der Waals surface area contributed by atoms with Gasteiger partial charge in [-0.3, -0.25) is 0 Å². The monoisotopic (exact) mass is 144 g/mol. The van der Waals surface area contributed by atoms with Crippen molar-refractivity contribution >= 4 is 0 Å². The van der Waals surface area contributed by atoms with Crippen molar-refractivity contribution in [3.63, 3.8) is 0 Å². The van der Waals surface area contributed by atoms with Crippen molar-refractivity contribution in [1.82, 2.24) is 0 Å². The van der Waals surface area contributed by atoms with E-state index in [2.05, 4.69) is 6.58 Å². The van der Waals surface area contributed by atoms with Crippen molar-refractivity contribution in [2.24, 2.45) is 0 Å². The van der Waals surface area contributed by atoms with Gasteiger partial charge >= 0.3 is 0 Å². The fraction of sp³-hybridized carbons (Fsp3) is 0.714. The van der Waals surface area contributed by atoms with Gasteiger partial charge in [-0.15, -0.1) is 0 Å². The summed E-state index contributed by atoms with van der Waals surface area (Å²) in [5, 5.41) is 0. The van der Waals surface area contributed by atoms with Gasteiger partial charge in [0.25, 0.3) is 0 Å². The fourth-order valence-electron chi connectivity index (χ4n) is 0.855. The molecule has 0 aromatic heterocycles. The third-order valence-corrected chi connectivity index (χ3v) is 1.30. The van der Waals surface area contributed by atoms with Crippen molar-refractivity contribution in [3.8, 4) is 0 Å². The van der Waals surface area contributed by atoms with Gasteiger partial charge in [0.05, 0.1) is 12.9 Å². The maximum Gasteiger partial charge on any atom is 0.155 e. The zero-order valence-corrected chi connectivity index (χ0v) is 6.08. The Morgan fingerprint density at radius 2 is 2.60 bits per heavy atom. The lowest BCUT2D eigenvalue weighted by Crippen LogP contribution is -2.16. The van der Waals surface area contributed by atoms with E-state index in [-0.39, 0.29) is 12.4 Å². The number of ether oxygens (including phenoxy) is 3. The quantitative estimate of drug-likeness (QED) is 0.551. The summed E-state index contributed by atoms with van der Waals surface area (Å²) in [4.78, 5) is 0. The van der Waals surface area contributed by atoms with Crippen LogP contribution in [0.3, 0.4) is 0 Å². The molecule has 0 N–H and O–H groups in total. The van der Waals surface area contributed by atoms with Gasteiger partial charge < -0.3 is 14.2 Å². The molecule has 1 saturated heterocycles. The average molecular weight is 144 g/mol. The molecule has 0 amide bonds. The largest absolute Gasteiger partial charge is 0.499 e. The molecule has 0 aromatic carbocycles. The fourth-order valence-corrected chi connectivity index (χ4v) is 0.855. The lowest BCUT2D eigenvalue weighted by molar-refractivity contribution is -0.0515. The van der Waals surface area contributed by atoms with E-state index >= 15 is 0 Å². The summed E-state index contributed by atoms with van der Waals surface area (Å²) in [5.74, 6) is 0. The summed E-state index contributed by atoms with van der Waals surface area (Å²) in [6, 6.07) is 0. The third kappa shape index (κ3) is 2.01. The van der Waals surface area contributed by atoms with E-state index < -0.39 is 0 Å². The van der Waals surface area contributed by atoms with Crippen molar-refractivity contribution in [2.75, 3.05) is 13.2 Å². The van der Waals surface area contributed by atoms with Crippen molar-refractivity contribution in [1.29, 1.82) is 0 Å². The highest BCUT2D eigenvalue weighted by Gasteiger charge is 2.21. The normalized spacial score (nSPS) is 32.1. The Morgan fingerprint density at radius 1 is 1.80 bits per heavy atom. The zero-order chi connectivity index (χ0) is 7.40. The lowest BCUT2D eigenvalue weighted by Gasteiger charge is -2.06. The molecule has 0 bridgehead atoms. The van der Waals surface area contributed by atoms with Crippen LogP contribution in [0.4, 0.5) is 0 Å². The molecule has 1 rings (SSSR count). The summed E-state index contributed by atoms with van der Waals surface area (Å²) in [6.07, 6.45) is 1.40. The molecular weight excluding hydrogens is 132 g/mol. The molecular formula is C7H12O3. The second-order valence-corrected chi connectivity index (χ2v) is 2.16. The maximum absolute atomic E-state index is 5.27. The van der Waals surface area contributed by atoms with Gasteiger partial charge in [-0.2, -0.15) is 0 Å². The lowest BCUT2D eigenvalue weighted by atomic mass is 10.4. The van der Waals surface area contributed by atoms with E-state index in [1.165, 1.54) is 6.26 Å². The Labute approximate surface area is 60.6 Å². The minimum atomic E-state index is -0.0848. The van der Waals surface area contributed by atoms with Gasteiger partial charge in [0.2, 0.25) is 0 Å².